The summed E-state index contributed by atoms with van der Waals surface area (Å²) in [5, 5.41) is 19.6. The number of aliphatic carboxylic acids is 1. The maximum absolute atomic E-state index is 11.5. The molecule has 1 N–H and O–H groups in total. The van der Waals surface area contributed by atoms with Crippen molar-refractivity contribution in [1.29, 1.82) is 0 Å². The molecule has 0 aliphatic heterocycles. The van der Waals surface area contributed by atoms with E-state index >= 15 is 0 Å². The van der Waals surface area contributed by atoms with Gasteiger partial charge < -0.3 is 14.6 Å². The van der Waals surface area contributed by atoms with Gasteiger partial charge in [-0.15, -0.1) is 0 Å². The second-order valence-electron chi connectivity index (χ2n) is 8.86. The summed E-state index contributed by atoms with van der Waals surface area (Å²) in [5.74, 6) is -0.195. The summed E-state index contributed by atoms with van der Waals surface area (Å²) in [5.41, 5.74) is 3.00. The predicted octanol–water partition coefficient (Wildman–Crippen LogP) is 4.35. The van der Waals surface area contributed by atoms with Crippen molar-refractivity contribution in [1.82, 2.24) is 19.6 Å². The van der Waals surface area contributed by atoms with Gasteiger partial charge in [0.15, 0.2) is 5.60 Å². The molecule has 0 radical (unpaired) electrons. The Hall–Kier alpha value is -3.65. The molecule has 1 aliphatic carbocycles. The Labute approximate surface area is 191 Å². The first-order valence-electron chi connectivity index (χ1n) is 11.0. The van der Waals surface area contributed by atoms with Crippen LogP contribution in [0.2, 0.25) is 0 Å². The van der Waals surface area contributed by atoms with Gasteiger partial charge in [0.1, 0.15) is 5.75 Å². The van der Waals surface area contributed by atoms with Gasteiger partial charge in [-0.1, -0.05) is 18.2 Å². The Kier molecular flexibility index (Phi) is 5.17. The average Bonchev–Trinajstić information content (AvgIpc) is 3.37. The summed E-state index contributed by atoms with van der Waals surface area (Å²) in [6.45, 7) is 3.13. The molecule has 0 amide bonds. The Morgan fingerprint density at radius 1 is 1.18 bits per heavy atom. The number of carboxylic acids is 1. The van der Waals surface area contributed by atoms with Crippen molar-refractivity contribution in [3.05, 3.63) is 60.4 Å². The fourth-order valence-corrected chi connectivity index (χ4v) is 3.66. The first-order chi connectivity index (χ1) is 15.8. The first-order valence-corrected chi connectivity index (χ1v) is 11.0. The van der Waals surface area contributed by atoms with E-state index in [0.717, 1.165) is 46.4 Å². The molecule has 0 spiro atoms. The minimum atomic E-state index is -1.31. The molecule has 33 heavy (non-hydrogen) atoms. The van der Waals surface area contributed by atoms with Gasteiger partial charge in [0.05, 0.1) is 41.5 Å². The molecule has 1 saturated carbocycles. The van der Waals surface area contributed by atoms with Crippen LogP contribution in [0.15, 0.2) is 54.7 Å². The first kappa shape index (κ1) is 21.2. The van der Waals surface area contributed by atoms with Crippen LogP contribution in [0.3, 0.4) is 0 Å². The Morgan fingerprint density at radius 2 is 1.97 bits per heavy atom. The van der Waals surface area contributed by atoms with E-state index < -0.39 is 11.6 Å². The van der Waals surface area contributed by atoms with Gasteiger partial charge in [0, 0.05) is 18.0 Å². The van der Waals surface area contributed by atoms with Crippen molar-refractivity contribution < 1.29 is 19.4 Å². The lowest BCUT2D eigenvalue weighted by Crippen LogP contribution is -2.34. The molecule has 5 rings (SSSR count). The highest BCUT2D eigenvalue weighted by Crippen LogP contribution is 2.33. The highest BCUT2D eigenvalue weighted by Gasteiger charge is 2.29. The van der Waals surface area contributed by atoms with Crippen LogP contribution in [-0.2, 0) is 23.2 Å². The molecule has 0 atom stereocenters. The maximum atomic E-state index is 11.5. The number of ether oxygens (including phenoxy) is 2. The van der Waals surface area contributed by atoms with Crippen LogP contribution < -0.4 is 4.74 Å². The Balaban J connectivity index is 1.59. The Morgan fingerprint density at radius 3 is 2.73 bits per heavy atom. The Bertz CT molecular complexity index is 1330. The zero-order chi connectivity index (χ0) is 23.2. The average molecular weight is 447 g/mol. The lowest BCUT2D eigenvalue weighted by atomic mass is 10.1. The van der Waals surface area contributed by atoms with Crippen molar-refractivity contribution in [2.24, 2.45) is 7.05 Å². The largest absolute Gasteiger partial charge is 0.490 e. The fourth-order valence-electron chi connectivity index (χ4n) is 3.66. The second kappa shape index (κ2) is 8.04. The minimum absolute atomic E-state index is 0.0700. The standard InChI is InChI=1S/C25H26N4O4/c1-25(2,24(30)31)32-15-17-13-23(16-6-4-7-19(12-16)33-18-10-11-18)29(27-17)22-9-5-8-21-20(22)14-26-28(21)3/h4-9,12-14,18H,10-11,15H2,1-3H3,(H,30,31). The van der Waals surface area contributed by atoms with Gasteiger partial charge in [-0.3, -0.25) is 4.68 Å². The van der Waals surface area contributed by atoms with E-state index in [9.17, 15) is 9.90 Å². The zero-order valence-corrected chi connectivity index (χ0v) is 18.9. The van der Waals surface area contributed by atoms with E-state index in [1.54, 1.807) is 0 Å². The lowest BCUT2D eigenvalue weighted by Gasteiger charge is -2.19. The molecule has 170 valence electrons. The van der Waals surface area contributed by atoms with Crippen molar-refractivity contribution in [3.63, 3.8) is 0 Å². The van der Waals surface area contributed by atoms with Gasteiger partial charge in [-0.25, -0.2) is 9.48 Å². The second-order valence-corrected chi connectivity index (χ2v) is 8.86. The quantitative estimate of drug-likeness (QED) is 0.433. The highest BCUT2D eigenvalue weighted by atomic mass is 16.5. The molecule has 1 aliphatic rings. The summed E-state index contributed by atoms with van der Waals surface area (Å²) < 4.78 is 15.4. The number of nitrogens with zero attached hydrogens (tertiary/aromatic N) is 4. The van der Waals surface area contributed by atoms with E-state index in [0.29, 0.717) is 11.8 Å². The number of aromatic nitrogens is 4. The van der Waals surface area contributed by atoms with Gasteiger partial charge in [0.2, 0.25) is 0 Å². The van der Waals surface area contributed by atoms with Crippen molar-refractivity contribution in [2.75, 3.05) is 0 Å². The molecular formula is C25H26N4O4. The smallest absolute Gasteiger partial charge is 0.335 e. The minimum Gasteiger partial charge on any atom is -0.490 e. The molecule has 1 fully saturated rings. The van der Waals surface area contributed by atoms with E-state index in [-0.39, 0.29) is 6.61 Å². The molecule has 8 nitrogen and oxygen atoms in total. The van der Waals surface area contributed by atoms with E-state index in [1.807, 2.05) is 71.1 Å². The molecule has 8 heteroatoms. The lowest BCUT2D eigenvalue weighted by molar-refractivity contribution is -0.162. The molecule has 2 aromatic heterocycles. The summed E-state index contributed by atoms with van der Waals surface area (Å²) in [4.78, 5) is 11.5. The van der Waals surface area contributed by atoms with Crippen LogP contribution in [0.25, 0.3) is 27.8 Å². The van der Waals surface area contributed by atoms with Gasteiger partial charge in [0.25, 0.3) is 0 Å². The van der Waals surface area contributed by atoms with Crippen molar-refractivity contribution in [3.8, 4) is 22.7 Å². The molecule has 2 heterocycles. The van der Waals surface area contributed by atoms with E-state index in [4.69, 9.17) is 14.6 Å². The van der Waals surface area contributed by atoms with Crippen molar-refractivity contribution in [2.45, 2.75) is 45.0 Å². The number of fused-ring (bicyclic) bond motifs is 1. The van der Waals surface area contributed by atoms with Gasteiger partial charge in [-0.05, 0) is 57.0 Å². The molecule has 0 bridgehead atoms. The number of rotatable bonds is 8. The summed E-state index contributed by atoms with van der Waals surface area (Å²) in [6.07, 6.45) is 4.31. The van der Waals surface area contributed by atoms with Crippen LogP contribution in [0.5, 0.6) is 5.75 Å². The fraction of sp³-hybridized carbons (Fsp3) is 0.320. The summed E-state index contributed by atoms with van der Waals surface area (Å²) in [7, 11) is 1.90. The number of hydrogen-bond donors (Lipinski definition) is 1. The summed E-state index contributed by atoms with van der Waals surface area (Å²) >= 11 is 0. The SMILES string of the molecule is Cn1ncc2c(-n3nc(COC(C)(C)C(=O)O)cc3-c3cccc(OC4CC4)c3)cccc21. The van der Waals surface area contributed by atoms with Crippen molar-refractivity contribution >= 4 is 16.9 Å². The zero-order valence-electron chi connectivity index (χ0n) is 18.9. The molecule has 4 aromatic rings. The molecule has 2 aromatic carbocycles. The third kappa shape index (κ3) is 4.21. The molecular weight excluding hydrogens is 420 g/mol. The van der Waals surface area contributed by atoms with Gasteiger partial charge in [-0.2, -0.15) is 10.2 Å². The monoisotopic (exact) mass is 446 g/mol. The number of hydrogen-bond acceptors (Lipinski definition) is 5. The number of carbonyl (C=O) groups is 1. The van der Waals surface area contributed by atoms with Crippen LogP contribution in [-0.4, -0.2) is 42.3 Å². The van der Waals surface area contributed by atoms with Crippen LogP contribution in [0, 0.1) is 0 Å². The number of carboxylic acid groups (broad SMARTS) is 1. The van der Waals surface area contributed by atoms with Crippen LogP contribution >= 0.6 is 0 Å². The van der Waals surface area contributed by atoms with E-state index in [1.165, 1.54) is 13.8 Å². The maximum Gasteiger partial charge on any atom is 0.335 e. The topological polar surface area (TPSA) is 91.4 Å². The molecule has 0 unspecified atom stereocenters. The van der Waals surface area contributed by atoms with Crippen LogP contribution in [0.1, 0.15) is 32.4 Å². The number of aryl methyl sites for hydroxylation is 1. The van der Waals surface area contributed by atoms with Gasteiger partial charge >= 0.3 is 5.97 Å². The summed E-state index contributed by atoms with van der Waals surface area (Å²) in [6, 6.07) is 15.9. The highest BCUT2D eigenvalue weighted by molar-refractivity contribution is 5.88. The number of benzene rings is 2. The normalized spacial score (nSPS) is 14.0. The van der Waals surface area contributed by atoms with E-state index in [2.05, 4.69) is 5.10 Å². The third-order valence-corrected chi connectivity index (χ3v) is 5.81. The predicted molar refractivity (Wildman–Crippen MR) is 123 cm³/mol. The van der Waals surface area contributed by atoms with Crippen LogP contribution in [0.4, 0.5) is 0 Å². The third-order valence-electron chi connectivity index (χ3n) is 5.81. The molecule has 0 saturated heterocycles.